The molecule has 0 amide bonds. The Kier molecular flexibility index (Phi) is 3.50. The fourth-order valence-electron chi connectivity index (χ4n) is 0.389. The van der Waals surface area contributed by atoms with Crippen molar-refractivity contribution < 1.29 is 18.7 Å². The van der Waals surface area contributed by atoms with Crippen LogP contribution in [0.15, 0.2) is 12.3 Å². The van der Waals surface area contributed by atoms with Gasteiger partial charge in [0.1, 0.15) is 0 Å². The highest BCUT2D eigenvalue weighted by Gasteiger charge is 2.20. The summed E-state index contributed by atoms with van der Waals surface area (Å²) in [5, 5.41) is 10.7. The van der Waals surface area contributed by atoms with Gasteiger partial charge in [0.15, 0.2) is 0 Å². The number of aliphatic carboxylic acids is 1. The number of nitrogens with zero attached hydrogens (tertiary/aromatic N) is 1. The standard InChI is InChI=1S/C4H4F2N.C2H4O2/c5-4(6)1-2-7-3-4;1-2(3)4/h1-2H,3H2;1H3,(H,3,4)/q-1;. The van der Waals surface area contributed by atoms with Gasteiger partial charge in [-0.2, -0.15) is 6.20 Å². The predicted octanol–water partition coefficient (Wildman–Crippen LogP) is 1.61. The third-order valence-electron chi connectivity index (χ3n) is 0.726. The van der Waals surface area contributed by atoms with E-state index in [4.69, 9.17) is 9.90 Å². The van der Waals surface area contributed by atoms with Crippen molar-refractivity contribution in [3.8, 4) is 0 Å². The summed E-state index contributed by atoms with van der Waals surface area (Å²) in [6.07, 6.45) is 1.94. The zero-order valence-electron chi connectivity index (χ0n) is 5.92. The van der Waals surface area contributed by atoms with Gasteiger partial charge in [0.05, 0.1) is 0 Å². The third kappa shape index (κ3) is 6.76. The maximum Gasteiger partial charge on any atom is 0.300 e. The molecule has 0 aromatic carbocycles. The molecule has 64 valence electrons. The number of carbonyl (C=O) groups is 1. The number of hydrogen-bond donors (Lipinski definition) is 1. The van der Waals surface area contributed by atoms with Crippen LogP contribution in [-0.2, 0) is 4.79 Å². The third-order valence-corrected chi connectivity index (χ3v) is 0.726. The monoisotopic (exact) mass is 164 g/mol. The zero-order chi connectivity index (χ0) is 8.91. The van der Waals surface area contributed by atoms with Crippen LogP contribution < -0.4 is 0 Å². The van der Waals surface area contributed by atoms with Crippen LogP contribution in [0.1, 0.15) is 6.92 Å². The summed E-state index contributed by atoms with van der Waals surface area (Å²) in [5.74, 6) is -3.49. The molecular formula is C6H8F2NO2-. The van der Waals surface area contributed by atoms with E-state index >= 15 is 0 Å². The van der Waals surface area contributed by atoms with Crippen molar-refractivity contribution in [3.05, 3.63) is 17.6 Å². The topological polar surface area (TPSA) is 51.4 Å². The highest BCUT2D eigenvalue weighted by atomic mass is 19.3. The zero-order valence-corrected chi connectivity index (χ0v) is 5.92. The number of alkyl halides is 2. The van der Waals surface area contributed by atoms with Crippen molar-refractivity contribution in [2.45, 2.75) is 12.8 Å². The molecular weight excluding hydrogens is 156 g/mol. The van der Waals surface area contributed by atoms with E-state index in [1.165, 1.54) is 0 Å². The molecule has 0 unspecified atom stereocenters. The maximum absolute atomic E-state index is 11.8. The molecule has 0 aromatic heterocycles. The van der Waals surface area contributed by atoms with E-state index in [1.807, 2.05) is 0 Å². The average Bonchev–Trinajstić information content (AvgIpc) is 2.11. The van der Waals surface area contributed by atoms with Crippen molar-refractivity contribution >= 4 is 5.97 Å². The lowest BCUT2D eigenvalue weighted by Crippen LogP contribution is -2.11. The molecule has 0 saturated carbocycles. The molecule has 5 heteroatoms. The van der Waals surface area contributed by atoms with Gasteiger partial charge in [0, 0.05) is 6.92 Å². The Balaban J connectivity index is 0.000000218. The quantitative estimate of drug-likeness (QED) is 0.591. The lowest BCUT2D eigenvalue weighted by atomic mass is 10.4. The van der Waals surface area contributed by atoms with Crippen molar-refractivity contribution in [2.75, 3.05) is 6.54 Å². The Bertz CT molecular complexity index is 164. The minimum absolute atomic E-state index is 0.368. The summed E-state index contributed by atoms with van der Waals surface area (Å²) < 4.78 is 23.5. The molecule has 0 spiro atoms. The van der Waals surface area contributed by atoms with E-state index in [2.05, 4.69) is 5.32 Å². The van der Waals surface area contributed by atoms with Gasteiger partial charge in [-0.15, -0.1) is 0 Å². The summed E-state index contributed by atoms with van der Waals surface area (Å²) in [7, 11) is 0. The minimum atomic E-state index is -2.65. The summed E-state index contributed by atoms with van der Waals surface area (Å²) in [6, 6.07) is 0. The lowest BCUT2D eigenvalue weighted by molar-refractivity contribution is -0.134. The molecule has 0 fully saturated rings. The molecule has 1 N–H and O–H groups in total. The van der Waals surface area contributed by atoms with Crippen LogP contribution >= 0.6 is 0 Å². The van der Waals surface area contributed by atoms with Gasteiger partial charge in [0.2, 0.25) is 5.92 Å². The second-order valence-corrected chi connectivity index (χ2v) is 1.94. The Hall–Kier alpha value is -1.13. The van der Waals surface area contributed by atoms with E-state index in [9.17, 15) is 8.78 Å². The molecule has 0 radical (unpaired) electrons. The van der Waals surface area contributed by atoms with E-state index < -0.39 is 11.9 Å². The van der Waals surface area contributed by atoms with Gasteiger partial charge in [0.25, 0.3) is 5.97 Å². The molecule has 1 rings (SSSR count). The van der Waals surface area contributed by atoms with Crippen molar-refractivity contribution in [1.29, 1.82) is 0 Å². The number of rotatable bonds is 0. The van der Waals surface area contributed by atoms with Crippen LogP contribution in [0, 0.1) is 0 Å². The van der Waals surface area contributed by atoms with Gasteiger partial charge >= 0.3 is 0 Å². The first-order valence-corrected chi connectivity index (χ1v) is 2.86. The van der Waals surface area contributed by atoms with Gasteiger partial charge in [-0.1, -0.05) is 6.54 Å². The second-order valence-electron chi connectivity index (χ2n) is 1.94. The second kappa shape index (κ2) is 3.90. The Labute approximate surface area is 62.7 Å². The highest BCUT2D eigenvalue weighted by molar-refractivity contribution is 5.62. The molecule has 11 heavy (non-hydrogen) atoms. The predicted molar refractivity (Wildman–Crippen MR) is 35.6 cm³/mol. The largest absolute Gasteiger partial charge is 0.686 e. The summed E-state index contributed by atoms with van der Waals surface area (Å²) in [6.45, 7) is 0.715. The van der Waals surface area contributed by atoms with Gasteiger partial charge < -0.3 is 10.4 Å². The first-order chi connectivity index (χ1) is 4.94. The van der Waals surface area contributed by atoms with Crippen LogP contribution in [0.2, 0.25) is 0 Å². The molecule has 1 aliphatic heterocycles. The molecule has 0 bridgehead atoms. The Morgan fingerprint density at radius 2 is 2.18 bits per heavy atom. The van der Waals surface area contributed by atoms with Crippen LogP contribution in [0.25, 0.3) is 5.32 Å². The van der Waals surface area contributed by atoms with Gasteiger partial charge in [-0.3, -0.25) is 4.79 Å². The highest BCUT2D eigenvalue weighted by Crippen LogP contribution is 2.23. The molecule has 3 nitrogen and oxygen atoms in total. The summed E-state index contributed by atoms with van der Waals surface area (Å²) in [4.78, 5) is 9.00. The number of carboxylic acid groups (broad SMARTS) is 1. The molecule has 0 atom stereocenters. The van der Waals surface area contributed by atoms with Crippen molar-refractivity contribution in [2.24, 2.45) is 0 Å². The number of halogens is 2. The van der Waals surface area contributed by atoms with Crippen LogP contribution in [0.3, 0.4) is 0 Å². The average molecular weight is 164 g/mol. The van der Waals surface area contributed by atoms with Crippen molar-refractivity contribution in [3.63, 3.8) is 0 Å². The van der Waals surface area contributed by atoms with Crippen LogP contribution in [0.4, 0.5) is 8.78 Å². The first-order valence-electron chi connectivity index (χ1n) is 2.86. The molecule has 0 aliphatic carbocycles. The van der Waals surface area contributed by atoms with Crippen LogP contribution in [-0.4, -0.2) is 23.5 Å². The van der Waals surface area contributed by atoms with E-state index in [0.717, 1.165) is 19.2 Å². The molecule has 0 aromatic rings. The number of carboxylic acids is 1. The van der Waals surface area contributed by atoms with Gasteiger partial charge in [-0.05, 0) is 6.08 Å². The summed E-state index contributed by atoms with van der Waals surface area (Å²) >= 11 is 0. The Morgan fingerprint density at radius 3 is 2.27 bits per heavy atom. The normalized spacial score (nSPS) is 18.1. The number of hydrogen-bond acceptors (Lipinski definition) is 1. The lowest BCUT2D eigenvalue weighted by Gasteiger charge is -2.10. The van der Waals surface area contributed by atoms with E-state index in [-0.39, 0.29) is 6.54 Å². The van der Waals surface area contributed by atoms with Crippen LogP contribution in [0.5, 0.6) is 0 Å². The summed E-state index contributed by atoms with van der Waals surface area (Å²) in [5.41, 5.74) is 0. The Morgan fingerprint density at radius 1 is 1.73 bits per heavy atom. The molecule has 0 saturated heterocycles. The smallest absolute Gasteiger partial charge is 0.300 e. The SMILES string of the molecule is CC(=O)O.FC1(F)C=C[N-]C1. The fraction of sp³-hybridized carbons (Fsp3) is 0.500. The maximum atomic E-state index is 11.8. The minimum Gasteiger partial charge on any atom is -0.686 e. The molecule has 1 heterocycles. The first kappa shape index (κ1) is 9.87. The van der Waals surface area contributed by atoms with Gasteiger partial charge in [-0.25, -0.2) is 8.78 Å². The fourth-order valence-corrected chi connectivity index (χ4v) is 0.389. The van der Waals surface area contributed by atoms with E-state index in [0.29, 0.717) is 0 Å². The van der Waals surface area contributed by atoms with E-state index in [1.54, 1.807) is 0 Å². The molecule has 1 aliphatic rings. The van der Waals surface area contributed by atoms with Crippen molar-refractivity contribution in [1.82, 2.24) is 0 Å².